The fourth-order valence-electron chi connectivity index (χ4n) is 2.36. The highest BCUT2D eigenvalue weighted by atomic mass is 19.1. The third kappa shape index (κ3) is 3.56. The van der Waals surface area contributed by atoms with E-state index in [1.54, 1.807) is 6.07 Å². The molecule has 102 valence electrons. The van der Waals surface area contributed by atoms with Gasteiger partial charge in [0.2, 0.25) is 0 Å². The van der Waals surface area contributed by atoms with Gasteiger partial charge in [0.05, 0.1) is 0 Å². The normalized spacial score (nSPS) is 17.1. The Balaban J connectivity index is 2.26. The number of carbonyl (C=O) groups is 1. The van der Waals surface area contributed by atoms with Crippen molar-refractivity contribution in [3.8, 4) is 0 Å². The molecule has 0 amide bonds. The number of nitrogens with zero attached hydrogens (tertiary/aromatic N) is 1. The summed E-state index contributed by atoms with van der Waals surface area (Å²) in [6.45, 7) is 4.09. The Kier molecular flexibility index (Phi) is 4.20. The summed E-state index contributed by atoms with van der Waals surface area (Å²) in [5.41, 5.74) is 1.53. The molecule has 1 aliphatic rings. The van der Waals surface area contributed by atoms with E-state index in [0.717, 1.165) is 43.6 Å². The fourth-order valence-corrected chi connectivity index (χ4v) is 2.36. The third-order valence-corrected chi connectivity index (χ3v) is 3.52. The number of hydrogen-bond acceptors (Lipinski definition) is 2. The van der Waals surface area contributed by atoms with Crippen LogP contribution in [0.25, 0.3) is 6.08 Å². The third-order valence-electron chi connectivity index (χ3n) is 3.52. The smallest absolute Gasteiger partial charge is 0.328 e. The maximum atomic E-state index is 13.3. The first-order chi connectivity index (χ1) is 9.06. The van der Waals surface area contributed by atoms with E-state index in [-0.39, 0.29) is 5.82 Å². The second-order valence-corrected chi connectivity index (χ2v) is 5.04. The summed E-state index contributed by atoms with van der Waals surface area (Å²) in [4.78, 5) is 12.8. The molecule has 19 heavy (non-hydrogen) atoms. The standard InChI is InChI=1S/C15H18FNO2/c1-11-6-8-17(9-7-11)14-4-3-13(16)10-12(14)2-5-15(18)19/h2-5,10-11H,6-9H2,1H3,(H,18,19)/b5-2+. The summed E-state index contributed by atoms with van der Waals surface area (Å²) >= 11 is 0. The topological polar surface area (TPSA) is 40.5 Å². The van der Waals surface area contributed by atoms with Gasteiger partial charge in [-0.2, -0.15) is 0 Å². The molecule has 4 heteroatoms. The van der Waals surface area contributed by atoms with Crippen LogP contribution in [0.5, 0.6) is 0 Å². The van der Waals surface area contributed by atoms with E-state index in [0.29, 0.717) is 5.56 Å². The Morgan fingerprint density at radius 3 is 2.74 bits per heavy atom. The van der Waals surface area contributed by atoms with E-state index >= 15 is 0 Å². The van der Waals surface area contributed by atoms with E-state index in [1.807, 2.05) is 0 Å². The Morgan fingerprint density at radius 2 is 2.11 bits per heavy atom. The lowest BCUT2D eigenvalue weighted by atomic mass is 9.98. The molecule has 2 rings (SSSR count). The molecule has 1 fully saturated rings. The van der Waals surface area contributed by atoms with Crippen molar-refractivity contribution in [2.45, 2.75) is 19.8 Å². The Bertz CT molecular complexity index is 491. The molecule has 0 spiro atoms. The largest absolute Gasteiger partial charge is 0.478 e. The number of piperidine rings is 1. The molecule has 0 bridgehead atoms. The summed E-state index contributed by atoms with van der Waals surface area (Å²) in [5, 5.41) is 8.69. The van der Waals surface area contributed by atoms with E-state index < -0.39 is 5.97 Å². The van der Waals surface area contributed by atoms with Gasteiger partial charge < -0.3 is 10.0 Å². The number of anilines is 1. The highest BCUT2D eigenvalue weighted by molar-refractivity contribution is 5.87. The van der Waals surface area contributed by atoms with Crippen molar-refractivity contribution in [2.75, 3.05) is 18.0 Å². The summed E-state index contributed by atoms with van der Waals surface area (Å²) in [6, 6.07) is 4.53. The van der Waals surface area contributed by atoms with Crippen LogP contribution in [0.4, 0.5) is 10.1 Å². The second kappa shape index (κ2) is 5.87. The van der Waals surface area contributed by atoms with Crippen molar-refractivity contribution in [3.63, 3.8) is 0 Å². The maximum Gasteiger partial charge on any atom is 0.328 e. The van der Waals surface area contributed by atoms with Crippen LogP contribution in [0.3, 0.4) is 0 Å². The molecule has 0 aliphatic carbocycles. The minimum absolute atomic E-state index is 0.348. The minimum atomic E-state index is -1.03. The average Bonchev–Trinajstić information content (AvgIpc) is 2.38. The minimum Gasteiger partial charge on any atom is -0.478 e. The van der Waals surface area contributed by atoms with Gasteiger partial charge in [-0.15, -0.1) is 0 Å². The molecule has 0 atom stereocenters. The van der Waals surface area contributed by atoms with E-state index in [1.165, 1.54) is 18.2 Å². The lowest BCUT2D eigenvalue weighted by Gasteiger charge is -2.33. The highest BCUT2D eigenvalue weighted by Crippen LogP contribution is 2.27. The van der Waals surface area contributed by atoms with Crippen molar-refractivity contribution in [1.29, 1.82) is 0 Å². The van der Waals surface area contributed by atoms with Gasteiger partial charge in [-0.1, -0.05) is 6.92 Å². The first-order valence-electron chi connectivity index (χ1n) is 6.52. The van der Waals surface area contributed by atoms with Crippen molar-refractivity contribution < 1.29 is 14.3 Å². The van der Waals surface area contributed by atoms with Crippen molar-refractivity contribution in [2.24, 2.45) is 5.92 Å². The van der Waals surface area contributed by atoms with Gasteiger partial charge in [-0.05, 0) is 43.0 Å². The molecule has 1 aromatic rings. The zero-order valence-electron chi connectivity index (χ0n) is 11.0. The summed E-state index contributed by atoms with van der Waals surface area (Å²) in [7, 11) is 0. The molecule has 0 aromatic heterocycles. The molecule has 0 saturated carbocycles. The summed E-state index contributed by atoms with van der Waals surface area (Å²) in [5.74, 6) is -0.656. The molecule has 3 nitrogen and oxygen atoms in total. The van der Waals surface area contributed by atoms with Crippen molar-refractivity contribution >= 4 is 17.7 Å². The Labute approximate surface area is 112 Å². The molecular formula is C15H18FNO2. The highest BCUT2D eigenvalue weighted by Gasteiger charge is 2.18. The summed E-state index contributed by atoms with van der Waals surface area (Å²) in [6.07, 6.45) is 4.72. The van der Waals surface area contributed by atoms with Gasteiger partial charge in [0.15, 0.2) is 0 Å². The number of carboxylic acids is 1. The number of rotatable bonds is 3. The molecular weight excluding hydrogens is 245 g/mol. The van der Waals surface area contributed by atoms with Gasteiger partial charge in [0, 0.05) is 30.4 Å². The quantitative estimate of drug-likeness (QED) is 0.852. The predicted molar refractivity (Wildman–Crippen MR) is 73.7 cm³/mol. The van der Waals surface area contributed by atoms with Crippen LogP contribution in [0.2, 0.25) is 0 Å². The van der Waals surface area contributed by atoms with Crippen LogP contribution in [-0.2, 0) is 4.79 Å². The number of aliphatic carboxylic acids is 1. The Morgan fingerprint density at radius 1 is 1.42 bits per heavy atom. The first-order valence-corrected chi connectivity index (χ1v) is 6.52. The second-order valence-electron chi connectivity index (χ2n) is 5.04. The van der Waals surface area contributed by atoms with Crippen LogP contribution in [0.15, 0.2) is 24.3 Å². The predicted octanol–water partition coefficient (Wildman–Crippen LogP) is 3.16. The molecule has 1 N–H and O–H groups in total. The lowest BCUT2D eigenvalue weighted by molar-refractivity contribution is -0.131. The SMILES string of the molecule is CC1CCN(c2ccc(F)cc2/C=C/C(=O)O)CC1. The zero-order chi connectivity index (χ0) is 13.8. The van der Waals surface area contributed by atoms with Crippen LogP contribution in [-0.4, -0.2) is 24.2 Å². The molecule has 0 radical (unpaired) electrons. The molecule has 0 unspecified atom stereocenters. The van der Waals surface area contributed by atoms with Gasteiger partial charge in [-0.25, -0.2) is 9.18 Å². The van der Waals surface area contributed by atoms with E-state index in [4.69, 9.17) is 5.11 Å². The van der Waals surface area contributed by atoms with Crippen LogP contribution >= 0.6 is 0 Å². The Hall–Kier alpha value is -1.84. The lowest BCUT2D eigenvalue weighted by Crippen LogP contribution is -2.33. The molecule has 1 aliphatic heterocycles. The van der Waals surface area contributed by atoms with Crippen molar-refractivity contribution in [3.05, 3.63) is 35.7 Å². The van der Waals surface area contributed by atoms with E-state index in [2.05, 4.69) is 11.8 Å². The van der Waals surface area contributed by atoms with Gasteiger partial charge >= 0.3 is 5.97 Å². The number of hydrogen-bond donors (Lipinski definition) is 1. The first kappa shape index (κ1) is 13.6. The average molecular weight is 263 g/mol. The van der Waals surface area contributed by atoms with Crippen LogP contribution < -0.4 is 4.90 Å². The van der Waals surface area contributed by atoms with Crippen LogP contribution in [0, 0.1) is 11.7 Å². The van der Waals surface area contributed by atoms with Crippen LogP contribution in [0.1, 0.15) is 25.3 Å². The monoisotopic (exact) mass is 263 g/mol. The maximum absolute atomic E-state index is 13.3. The molecule has 1 saturated heterocycles. The van der Waals surface area contributed by atoms with Gasteiger partial charge in [-0.3, -0.25) is 0 Å². The number of halogens is 1. The number of benzene rings is 1. The summed E-state index contributed by atoms with van der Waals surface area (Å²) < 4.78 is 13.3. The molecule has 1 heterocycles. The van der Waals surface area contributed by atoms with Crippen molar-refractivity contribution in [1.82, 2.24) is 0 Å². The molecule has 1 aromatic carbocycles. The van der Waals surface area contributed by atoms with Gasteiger partial charge in [0.1, 0.15) is 5.82 Å². The zero-order valence-corrected chi connectivity index (χ0v) is 11.0. The number of carboxylic acid groups (broad SMARTS) is 1. The fraction of sp³-hybridized carbons (Fsp3) is 0.400. The van der Waals surface area contributed by atoms with Gasteiger partial charge in [0.25, 0.3) is 0 Å². The van der Waals surface area contributed by atoms with E-state index in [9.17, 15) is 9.18 Å².